The second-order valence-electron chi connectivity index (χ2n) is 5.20. The number of anilines is 1. The van der Waals surface area contributed by atoms with Gasteiger partial charge in [-0.25, -0.2) is 0 Å². The molecule has 2 rings (SSSR count). The largest absolute Gasteiger partial charge is 0.373 e. The van der Waals surface area contributed by atoms with Crippen molar-refractivity contribution >= 4 is 17.5 Å². The maximum atomic E-state index is 12.5. The van der Waals surface area contributed by atoms with E-state index in [1.165, 1.54) is 4.90 Å². The van der Waals surface area contributed by atoms with Crippen LogP contribution in [0.4, 0.5) is 5.69 Å². The number of nitrogens with one attached hydrogen (secondary N) is 1. The molecule has 0 aromatic heterocycles. The average Bonchev–Trinajstić information content (AvgIpc) is 2.87. The molecular formula is C15H21N3O2. The molecule has 1 aromatic rings. The molecule has 0 saturated carbocycles. The lowest BCUT2D eigenvalue weighted by molar-refractivity contribution is -0.139. The van der Waals surface area contributed by atoms with E-state index in [9.17, 15) is 9.59 Å². The van der Waals surface area contributed by atoms with Gasteiger partial charge in [0.25, 0.3) is 0 Å². The molecule has 0 saturated heterocycles. The highest BCUT2D eigenvalue weighted by atomic mass is 16.2. The van der Waals surface area contributed by atoms with Gasteiger partial charge < -0.3 is 15.1 Å². The summed E-state index contributed by atoms with van der Waals surface area (Å²) in [7, 11) is 3.40. The quantitative estimate of drug-likeness (QED) is 0.890. The van der Waals surface area contributed by atoms with Gasteiger partial charge in [0.1, 0.15) is 6.04 Å². The van der Waals surface area contributed by atoms with Crippen molar-refractivity contribution in [2.45, 2.75) is 19.4 Å². The molecule has 0 fully saturated rings. The summed E-state index contributed by atoms with van der Waals surface area (Å²) in [5.74, 6) is -0.0744. The zero-order valence-corrected chi connectivity index (χ0v) is 12.2. The molecule has 20 heavy (non-hydrogen) atoms. The van der Waals surface area contributed by atoms with Crippen LogP contribution in [-0.2, 0) is 16.0 Å². The number of benzene rings is 1. The third-order valence-corrected chi connectivity index (χ3v) is 3.59. The molecule has 0 radical (unpaired) electrons. The van der Waals surface area contributed by atoms with Crippen LogP contribution in [0.25, 0.3) is 0 Å². The fraction of sp³-hybridized carbons (Fsp3) is 0.467. The Morgan fingerprint density at radius 1 is 1.30 bits per heavy atom. The Kier molecular flexibility index (Phi) is 4.27. The fourth-order valence-corrected chi connectivity index (χ4v) is 2.32. The number of hydrogen-bond acceptors (Lipinski definition) is 3. The summed E-state index contributed by atoms with van der Waals surface area (Å²) < 4.78 is 0. The Labute approximate surface area is 119 Å². The summed E-state index contributed by atoms with van der Waals surface area (Å²) in [5.41, 5.74) is 2.17. The molecule has 0 aliphatic carbocycles. The summed E-state index contributed by atoms with van der Waals surface area (Å²) in [5, 5.41) is 3.24. The van der Waals surface area contributed by atoms with Crippen LogP contribution in [0.1, 0.15) is 12.5 Å². The van der Waals surface area contributed by atoms with Crippen molar-refractivity contribution in [3.63, 3.8) is 0 Å². The second kappa shape index (κ2) is 5.94. The van der Waals surface area contributed by atoms with Crippen molar-refractivity contribution < 1.29 is 9.59 Å². The third kappa shape index (κ3) is 2.92. The van der Waals surface area contributed by atoms with Crippen molar-refractivity contribution in [3.8, 4) is 0 Å². The van der Waals surface area contributed by atoms with Crippen molar-refractivity contribution in [2.75, 3.05) is 32.5 Å². The van der Waals surface area contributed by atoms with Gasteiger partial charge in [0, 0.05) is 32.7 Å². The molecular weight excluding hydrogens is 254 g/mol. The Bertz CT molecular complexity index is 489. The number of hydrogen-bond donors (Lipinski definition) is 1. The first kappa shape index (κ1) is 14.4. The smallest absolute Gasteiger partial charge is 0.245 e. The topological polar surface area (TPSA) is 52.7 Å². The van der Waals surface area contributed by atoms with E-state index in [0.29, 0.717) is 13.0 Å². The number of nitrogens with zero attached hydrogens (tertiary/aromatic N) is 2. The highest BCUT2D eigenvalue weighted by molar-refractivity contribution is 5.90. The molecule has 1 aliphatic rings. The van der Waals surface area contributed by atoms with Crippen LogP contribution in [0.3, 0.4) is 0 Å². The van der Waals surface area contributed by atoms with Gasteiger partial charge in [0.2, 0.25) is 11.8 Å². The van der Waals surface area contributed by atoms with Crippen LogP contribution in [0.15, 0.2) is 24.3 Å². The van der Waals surface area contributed by atoms with Gasteiger partial charge in [0.15, 0.2) is 0 Å². The number of fused-ring (bicyclic) bond motifs is 1. The average molecular weight is 275 g/mol. The van der Waals surface area contributed by atoms with Crippen molar-refractivity contribution in [2.24, 2.45) is 0 Å². The van der Waals surface area contributed by atoms with Crippen LogP contribution in [0.2, 0.25) is 0 Å². The van der Waals surface area contributed by atoms with Crippen molar-refractivity contribution in [1.82, 2.24) is 9.80 Å². The van der Waals surface area contributed by atoms with Crippen molar-refractivity contribution in [1.29, 1.82) is 0 Å². The summed E-state index contributed by atoms with van der Waals surface area (Å²) in [6.45, 7) is 2.56. The Hall–Kier alpha value is -2.04. The van der Waals surface area contributed by atoms with Crippen LogP contribution < -0.4 is 5.32 Å². The number of rotatable bonds is 4. The summed E-state index contributed by atoms with van der Waals surface area (Å²) >= 11 is 0. The van der Waals surface area contributed by atoms with E-state index in [0.717, 1.165) is 11.3 Å². The van der Waals surface area contributed by atoms with E-state index in [2.05, 4.69) is 5.32 Å². The van der Waals surface area contributed by atoms with Gasteiger partial charge in [-0.15, -0.1) is 0 Å². The fourth-order valence-electron chi connectivity index (χ4n) is 2.32. The Balaban J connectivity index is 2.02. The molecule has 1 unspecified atom stereocenters. The highest BCUT2D eigenvalue weighted by Crippen LogP contribution is 2.25. The minimum Gasteiger partial charge on any atom is -0.373 e. The lowest BCUT2D eigenvalue weighted by Crippen LogP contribution is -2.46. The van der Waals surface area contributed by atoms with Crippen LogP contribution in [0.5, 0.6) is 0 Å². The van der Waals surface area contributed by atoms with E-state index in [1.807, 2.05) is 31.2 Å². The summed E-state index contributed by atoms with van der Waals surface area (Å²) in [6, 6.07) is 7.66. The van der Waals surface area contributed by atoms with Gasteiger partial charge in [-0.05, 0) is 18.6 Å². The third-order valence-electron chi connectivity index (χ3n) is 3.59. The van der Waals surface area contributed by atoms with Crippen LogP contribution in [-0.4, -0.2) is 54.8 Å². The molecule has 0 spiro atoms. The molecule has 1 aromatic carbocycles. The van der Waals surface area contributed by atoms with E-state index >= 15 is 0 Å². The molecule has 108 valence electrons. The molecule has 1 heterocycles. The predicted molar refractivity (Wildman–Crippen MR) is 78.5 cm³/mol. The molecule has 0 bridgehead atoms. The molecule has 1 N–H and O–H groups in total. The summed E-state index contributed by atoms with van der Waals surface area (Å²) in [4.78, 5) is 27.4. The first-order valence-electron chi connectivity index (χ1n) is 6.86. The van der Waals surface area contributed by atoms with Gasteiger partial charge in [-0.2, -0.15) is 0 Å². The maximum absolute atomic E-state index is 12.5. The lowest BCUT2D eigenvalue weighted by atomic mass is 10.1. The molecule has 5 nitrogen and oxygen atoms in total. The monoisotopic (exact) mass is 275 g/mol. The van der Waals surface area contributed by atoms with Gasteiger partial charge in [-0.1, -0.05) is 18.2 Å². The van der Waals surface area contributed by atoms with E-state index in [4.69, 9.17) is 0 Å². The van der Waals surface area contributed by atoms with Gasteiger partial charge in [0.05, 0.1) is 6.54 Å². The predicted octanol–water partition coefficient (Wildman–Crippen LogP) is 0.960. The number of para-hydroxylation sites is 1. The summed E-state index contributed by atoms with van der Waals surface area (Å²) in [6.07, 6.45) is 0.682. The first-order chi connectivity index (χ1) is 9.52. The first-order valence-corrected chi connectivity index (χ1v) is 6.86. The van der Waals surface area contributed by atoms with E-state index in [1.54, 1.807) is 19.0 Å². The molecule has 5 heteroatoms. The van der Waals surface area contributed by atoms with Crippen molar-refractivity contribution in [3.05, 3.63) is 29.8 Å². The maximum Gasteiger partial charge on any atom is 0.245 e. The normalized spacial score (nSPS) is 16.2. The minimum absolute atomic E-state index is 0.0149. The SMILES string of the molecule is CCN(CC(=O)N(C)C)C(=O)C1Cc2ccccc2N1. The Morgan fingerprint density at radius 2 is 2.00 bits per heavy atom. The highest BCUT2D eigenvalue weighted by Gasteiger charge is 2.30. The standard InChI is InChI=1S/C15H21N3O2/c1-4-18(10-14(19)17(2)3)15(20)13-9-11-7-5-6-8-12(11)16-13/h5-8,13,16H,4,9-10H2,1-3H3. The lowest BCUT2D eigenvalue weighted by Gasteiger charge is -2.25. The Morgan fingerprint density at radius 3 is 2.60 bits per heavy atom. The van der Waals surface area contributed by atoms with E-state index in [-0.39, 0.29) is 24.4 Å². The number of amides is 2. The van der Waals surface area contributed by atoms with E-state index < -0.39 is 0 Å². The van der Waals surface area contributed by atoms with Gasteiger partial charge >= 0.3 is 0 Å². The molecule has 1 aliphatic heterocycles. The number of likely N-dealkylation sites (N-methyl/N-ethyl adjacent to an activating group) is 2. The van der Waals surface area contributed by atoms with Crippen LogP contribution in [0, 0.1) is 0 Å². The zero-order valence-electron chi connectivity index (χ0n) is 12.2. The van der Waals surface area contributed by atoms with Crippen LogP contribution >= 0.6 is 0 Å². The number of carbonyl (C=O) groups excluding carboxylic acids is 2. The number of carbonyl (C=O) groups is 2. The minimum atomic E-state index is -0.262. The molecule has 2 amide bonds. The second-order valence-corrected chi connectivity index (χ2v) is 5.20. The molecule has 1 atom stereocenters. The zero-order chi connectivity index (χ0) is 14.7. The van der Waals surface area contributed by atoms with Gasteiger partial charge in [-0.3, -0.25) is 9.59 Å².